The van der Waals surface area contributed by atoms with Crippen LogP contribution >= 0.6 is 0 Å². The smallest absolute Gasteiger partial charge is 0.0488 e. The Labute approximate surface area is 369 Å². The van der Waals surface area contributed by atoms with E-state index in [4.69, 9.17) is 0 Å². The fourth-order valence-corrected chi connectivity index (χ4v) is 9.18. The van der Waals surface area contributed by atoms with E-state index in [2.05, 4.69) is 228 Å². The molecule has 0 bridgehead atoms. The molecule has 0 N–H and O–H groups in total. The lowest BCUT2D eigenvalue weighted by Crippen LogP contribution is -2.15. The Morgan fingerprint density at radius 2 is 0.871 bits per heavy atom. The SMILES string of the molecule is CC.Cc1ccc2c(c1)C(C)(C)c1cc(-c3cc(-c4ccccc4)ccc3-c3ccccc3)c3ccccc3c1-2.Cc1ccc2c(c1)c1ccccc1n2C.Cc1ccccc1. The number of hydrogen-bond acceptors (Lipinski definition) is 0. The zero-order chi connectivity index (χ0) is 43.4. The summed E-state index contributed by atoms with van der Waals surface area (Å²) in [6, 6.07) is 72.3. The largest absolute Gasteiger partial charge is 0.344 e. The topological polar surface area (TPSA) is 4.93 Å². The third kappa shape index (κ3) is 7.99. The minimum absolute atomic E-state index is 0.0700. The molecule has 9 aromatic carbocycles. The summed E-state index contributed by atoms with van der Waals surface area (Å²) in [5.74, 6) is 0. The van der Waals surface area contributed by atoms with Crippen LogP contribution in [0.25, 0.3) is 77.1 Å². The molecule has 0 radical (unpaired) electrons. The van der Waals surface area contributed by atoms with E-state index in [1.54, 1.807) is 0 Å². The van der Waals surface area contributed by atoms with E-state index in [-0.39, 0.29) is 5.41 Å². The van der Waals surface area contributed by atoms with E-state index >= 15 is 0 Å². The van der Waals surface area contributed by atoms with Gasteiger partial charge >= 0.3 is 0 Å². The molecule has 306 valence electrons. The first kappa shape index (κ1) is 41.8. The van der Waals surface area contributed by atoms with Crippen LogP contribution in [0.5, 0.6) is 0 Å². The molecule has 1 aliphatic carbocycles. The Bertz CT molecular complexity index is 3130. The van der Waals surface area contributed by atoms with Gasteiger partial charge in [-0.3, -0.25) is 0 Å². The van der Waals surface area contributed by atoms with Gasteiger partial charge in [0, 0.05) is 34.3 Å². The summed E-state index contributed by atoms with van der Waals surface area (Å²) in [5.41, 5.74) is 19.7. The minimum Gasteiger partial charge on any atom is -0.344 e. The molecule has 1 heteroatoms. The first-order valence-corrected chi connectivity index (χ1v) is 22.1. The van der Waals surface area contributed by atoms with Crippen LogP contribution in [-0.4, -0.2) is 4.57 Å². The summed E-state index contributed by atoms with van der Waals surface area (Å²) in [4.78, 5) is 0. The molecule has 10 aromatic rings. The summed E-state index contributed by atoms with van der Waals surface area (Å²) in [5, 5.41) is 5.34. The van der Waals surface area contributed by atoms with Gasteiger partial charge in [0.1, 0.15) is 0 Å². The lowest BCUT2D eigenvalue weighted by molar-refractivity contribution is 0.660. The molecule has 0 amide bonds. The highest BCUT2D eigenvalue weighted by atomic mass is 14.9. The molecule has 0 spiro atoms. The van der Waals surface area contributed by atoms with Crippen molar-refractivity contribution in [2.24, 2.45) is 7.05 Å². The van der Waals surface area contributed by atoms with E-state index < -0.39 is 0 Å². The van der Waals surface area contributed by atoms with Crippen LogP contribution in [0.15, 0.2) is 200 Å². The second kappa shape index (κ2) is 17.9. The number of aryl methyl sites for hydroxylation is 4. The second-order valence-corrected chi connectivity index (χ2v) is 16.8. The summed E-state index contributed by atoms with van der Waals surface area (Å²) in [6.07, 6.45) is 0. The molecule has 0 fully saturated rings. The number of hydrogen-bond donors (Lipinski definition) is 0. The fraction of sp³-hybridized carbons (Fsp3) is 0.148. The van der Waals surface area contributed by atoms with Gasteiger partial charge in [0.05, 0.1) is 0 Å². The Kier molecular flexibility index (Phi) is 12.1. The van der Waals surface area contributed by atoms with Gasteiger partial charge in [-0.1, -0.05) is 214 Å². The highest BCUT2D eigenvalue weighted by molar-refractivity contribution is 6.11. The van der Waals surface area contributed by atoms with Crippen molar-refractivity contribution in [2.75, 3.05) is 0 Å². The molecule has 1 nitrogen and oxygen atoms in total. The Balaban J connectivity index is 0.000000179. The number of para-hydroxylation sites is 1. The van der Waals surface area contributed by atoms with Gasteiger partial charge in [0.25, 0.3) is 0 Å². The molecule has 0 saturated heterocycles. The number of benzene rings is 9. The van der Waals surface area contributed by atoms with Crippen LogP contribution in [-0.2, 0) is 12.5 Å². The summed E-state index contributed by atoms with van der Waals surface area (Å²) < 4.78 is 2.25. The van der Waals surface area contributed by atoms with Crippen molar-refractivity contribution in [3.05, 3.63) is 228 Å². The summed E-state index contributed by atoms with van der Waals surface area (Å²) in [7, 11) is 2.12. The van der Waals surface area contributed by atoms with Crippen molar-refractivity contribution in [1.82, 2.24) is 4.57 Å². The lowest BCUT2D eigenvalue weighted by atomic mass is 9.79. The van der Waals surface area contributed by atoms with Crippen LogP contribution in [0.2, 0.25) is 0 Å². The van der Waals surface area contributed by atoms with Gasteiger partial charge < -0.3 is 4.57 Å². The van der Waals surface area contributed by atoms with Crippen molar-refractivity contribution < 1.29 is 0 Å². The first-order valence-electron chi connectivity index (χ1n) is 22.1. The van der Waals surface area contributed by atoms with E-state index in [0.717, 1.165) is 0 Å². The molecular formula is C61H57N. The molecule has 11 rings (SSSR count). The van der Waals surface area contributed by atoms with E-state index in [1.807, 2.05) is 32.0 Å². The second-order valence-electron chi connectivity index (χ2n) is 16.8. The van der Waals surface area contributed by atoms with Gasteiger partial charge in [-0.2, -0.15) is 0 Å². The van der Waals surface area contributed by atoms with Crippen LogP contribution in [0.3, 0.4) is 0 Å². The maximum absolute atomic E-state index is 2.49. The van der Waals surface area contributed by atoms with Gasteiger partial charge in [0.15, 0.2) is 0 Å². The standard InChI is InChI=1S/C38H30.C14H13N.C7H8.C2H6/c1-25-18-20-32-35(22-25)38(2,3)36-24-34(30-16-10-11-17-31(30)37(32)36)33-23-28(26-12-6-4-7-13-26)19-21-29(33)27-14-8-5-9-15-27;1-10-7-8-14-12(9-10)11-5-3-4-6-13(11)15(14)2;1-7-5-3-2-4-6-7;1-2/h4-24H,1-3H3;3-9H,1-2H3;2-6H,1H3;1-2H3. The zero-order valence-corrected chi connectivity index (χ0v) is 37.5. The van der Waals surface area contributed by atoms with Crippen molar-refractivity contribution in [3.8, 4) is 44.5 Å². The maximum atomic E-state index is 2.49. The van der Waals surface area contributed by atoms with Crippen molar-refractivity contribution in [1.29, 1.82) is 0 Å². The lowest BCUT2D eigenvalue weighted by Gasteiger charge is -2.24. The third-order valence-electron chi connectivity index (χ3n) is 12.3. The van der Waals surface area contributed by atoms with Gasteiger partial charge in [-0.05, 0) is 118 Å². The van der Waals surface area contributed by atoms with Crippen molar-refractivity contribution in [3.63, 3.8) is 0 Å². The average molecular weight is 804 g/mol. The molecule has 62 heavy (non-hydrogen) atoms. The average Bonchev–Trinajstić information content (AvgIpc) is 3.72. The van der Waals surface area contributed by atoms with Gasteiger partial charge in [0.2, 0.25) is 0 Å². The van der Waals surface area contributed by atoms with Crippen molar-refractivity contribution in [2.45, 2.75) is 53.9 Å². The molecule has 0 atom stereocenters. The Hall–Kier alpha value is -6.96. The number of rotatable bonds is 3. The molecule has 0 aliphatic heterocycles. The van der Waals surface area contributed by atoms with Gasteiger partial charge in [-0.15, -0.1) is 0 Å². The fourth-order valence-electron chi connectivity index (χ4n) is 9.18. The van der Waals surface area contributed by atoms with Gasteiger partial charge in [-0.25, -0.2) is 0 Å². The molecule has 0 unspecified atom stereocenters. The van der Waals surface area contributed by atoms with Crippen LogP contribution < -0.4 is 0 Å². The highest BCUT2D eigenvalue weighted by Crippen LogP contribution is 2.54. The van der Waals surface area contributed by atoms with E-state index in [0.29, 0.717) is 0 Å². The minimum atomic E-state index is -0.0700. The molecule has 1 aromatic heterocycles. The zero-order valence-electron chi connectivity index (χ0n) is 37.5. The Morgan fingerprint density at radius 3 is 1.53 bits per heavy atom. The molecule has 1 aliphatic rings. The summed E-state index contributed by atoms with van der Waals surface area (Å²) >= 11 is 0. The Morgan fingerprint density at radius 1 is 0.339 bits per heavy atom. The first-order chi connectivity index (χ1) is 30.2. The monoisotopic (exact) mass is 803 g/mol. The summed E-state index contributed by atoms with van der Waals surface area (Å²) in [6.45, 7) is 15.2. The molecular weight excluding hydrogens is 747 g/mol. The third-order valence-corrected chi connectivity index (χ3v) is 12.3. The van der Waals surface area contributed by atoms with Crippen LogP contribution in [0, 0.1) is 20.8 Å². The predicted molar refractivity (Wildman–Crippen MR) is 270 cm³/mol. The molecule has 0 saturated carbocycles. The van der Waals surface area contributed by atoms with Crippen LogP contribution in [0.1, 0.15) is 55.5 Å². The normalized spacial score (nSPS) is 12.0. The van der Waals surface area contributed by atoms with E-state index in [1.165, 1.54) is 105 Å². The predicted octanol–water partition coefficient (Wildman–Crippen LogP) is 17.1. The number of fused-ring (bicyclic) bond motifs is 8. The molecule has 1 heterocycles. The van der Waals surface area contributed by atoms with E-state index in [9.17, 15) is 0 Å². The van der Waals surface area contributed by atoms with Crippen LogP contribution in [0.4, 0.5) is 0 Å². The van der Waals surface area contributed by atoms with Crippen molar-refractivity contribution >= 4 is 32.6 Å². The highest BCUT2D eigenvalue weighted by Gasteiger charge is 2.37. The number of aromatic nitrogens is 1. The quantitative estimate of drug-likeness (QED) is 0.168. The maximum Gasteiger partial charge on any atom is 0.0488 e. The number of nitrogens with zero attached hydrogens (tertiary/aromatic N) is 1.